The second-order valence-electron chi connectivity index (χ2n) is 11.0. The van der Waals surface area contributed by atoms with E-state index in [0.29, 0.717) is 17.5 Å². The summed E-state index contributed by atoms with van der Waals surface area (Å²) in [6.07, 6.45) is 0. The van der Waals surface area contributed by atoms with Gasteiger partial charge in [-0.1, -0.05) is 0 Å². The fourth-order valence-electron chi connectivity index (χ4n) is 6.09. The number of hydrogen-bond acceptors (Lipinski definition) is 3. The molecule has 1 heterocycles. The molecule has 0 N–H and O–H groups in total. The van der Waals surface area contributed by atoms with E-state index >= 15 is 0 Å². The Labute approximate surface area is 270 Å². The molecule has 8 aromatic rings. The first-order chi connectivity index (χ1) is 22.2. The molecule has 0 unspecified atom stereocenters. The van der Waals surface area contributed by atoms with Crippen molar-refractivity contribution in [1.29, 1.82) is 0 Å². The van der Waals surface area contributed by atoms with Crippen LogP contribution in [0.3, 0.4) is 0 Å². The van der Waals surface area contributed by atoms with Gasteiger partial charge in [-0.05, 0) is 0 Å². The second-order valence-corrected chi connectivity index (χ2v) is 12.0. The Morgan fingerprint density at radius 3 is 1.60 bits per heavy atom. The number of benzene rings is 7. The molecule has 0 saturated heterocycles. The molecule has 3 nitrogen and oxygen atoms in total. The van der Waals surface area contributed by atoms with Gasteiger partial charge < -0.3 is 0 Å². The van der Waals surface area contributed by atoms with Crippen molar-refractivity contribution in [2.24, 2.45) is 0 Å². The van der Waals surface area contributed by atoms with E-state index in [1.165, 1.54) is 32.7 Å². The summed E-state index contributed by atoms with van der Waals surface area (Å²) in [5.74, 6) is 1.95. The fourth-order valence-corrected chi connectivity index (χ4v) is 6.80. The molecule has 0 aliphatic rings. The number of rotatable bonds is 5. The molecule has 45 heavy (non-hydrogen) atoms. The zero-order valence-electron chi connectivity index (χ0n) is 24.3. The molecule has 0 aliphatic heterocycles. The average Bonchev–Trinajstić information content (AvgIpc) is 3.12. The van der Waals surface area contributed by atoms with Gasteiger partial charge in [-0.3, -0.25) is 0 Å². The SMILES string of the molecule is [SeH]c1cccc(-c2nc(-c3ccccc3)nc(-c3ccccc3)n2)c1-c1cccc(-c2cc3ccccc3c3ccccc23)c1. The fraction of sp³-hybridized carbons (Fsp3) is 0. The van der Waals surface area contributed by atoms with Crippen molar-refractivity contribution in [3.05, 3.63) is 158 Å². The molecular formula is C41H27N3Se. The van der Waals surface area contributed by atoms with Crippen molar-refractivity contribution in [3.8, 4) is 56.4 Å². The topological polar surface area (TPSA) is 38.7 Å². The molecule has 0 saturated carbocycles. The van der Waals surface area contributed by atoms with E-state index in [4.69, 9.17) is 15.0 Å². The van der Waals surface area contributed by atoms with Gasteiger partial charge in [0.05, 0.1) is 0 Å². The van der Waals surface area contributed by atoms with Crippen LogP contribution in [-0.2, 0) is 0 Å². The van der Waals surface area contributed by atoms with Crippen LogP contribution in [0.2, 0.25) is 0 Å². The molecule has 0 amide bonds. The zero-order valence-corrected chi connectivity index (χ0v) is 26.2. The van der Waals surface area contributed by atoms with E-state index in [9.17, 15) is 0 Å². The summed E-state index contributed by atoms with van der Waals surface area (Å²) in [6, 6.07) is 55.0. The number of nitrogens with zero attached hydrogens (tertiary/aromatic N) is 3. The standard InChI is InChI=1S/C41H27N3Se/c45-37-24-12-23-35(41-43-39(27-13-3-1-4-14-27)42-40(44-41)28-15-5-2-6-16-28)38(37)31-19-11-18-29(25-31)36-26-30-17-7-8-20-32(30)33-21-9-10-22-34(33)36/h1-26,45H. The van der Waals surface area contributed by atoms with Gasteiger partial charge in [0.15, 0.2) is 0 Å². The van der Waals surface area contributed by atoms with Crippen LogP contribution < -0.4 is 4.46 Å². The number of aromatic nitrogens is 3. The Morgan fingerprint density at radius 1 is 0.356 bits per heavy atom. The third kappa shape index (κ3) is 5.11. The van der Waals surface area contributed by atoms with E-state index < -0.39 is 0 Å². The van der Waals surface area contributed by atoms with Gasteiger partial charge in [-0.15, -0.1) is 0 Å². The minimum absolute atomic E-state index is 0.646. The Hall–Kier alpha value is -5.41. The third-order valence-electron chi connectivity index (χ3n) is 8.21. The predicted molar refractivity (Wildman–Crippen MR) is 189 cm³/mol. The number of fused-ring (bicyclic) bond motifs is 3. The molecule has 8 rings (SSSR count). The normalized spacial score (nSPS) is 11.2. The molecule has 0 bridgehead atoms. The Balaban J connectivity index is 1.33. The van der Waals surface area contributed by atoms with Gasteiger partial charge in [0, 0.05) is 0 Å². The molecule has 212 valence electrons. The van der Waals surface area contributed by atoms with Crippen LogP contribution in [0, 0.1) is 0 Å². The molecule has 7 aromatic carbocycles. The van der Waals surface area contributed by atoms with Gasteiger partial charge in [0.25, 0.3) is 0 Å². The molecular weight excluding hydrogens is 613 g/mol. The molecule has 0 aliphatic carbocycles. The van der Waals surface area contributed by atoms with Crippen molar-refractivity contribution in [1.82, 2.24) is 15.0 Å². The predicted octanol–water partition coefficient (Wildman–Crippen LogP) is 9.04. The Kier molecular flexibility index (Phi) is 7.00. The summed E-state index contributed by atoms with van der Waals surface area (Å²) in [5.41, 5.74) is 7.45. The van der Waals surface area contributed by atoms with Crippen molar-refractivity contribution >= 4 is 42.0 Å². The van der Waals surface area contributed by atoms with Crippen molar-refractivity contribution in [2.75, 3.05) is 0 Å². The van der Waals surface area contributed by atoms with Gasteiger partial charge in [-0.25, -0.2) is 0 Å². The molecule has 4 heteroatoms. The van der Waals surface area contributed by atoms with Crippen LogP contribution in [0.15, 0.2) is 158 Å². The van der Waals surface area contributed by atoms with Crippen LogP contribution in [-0.4, -0.2) is 31.0 Å². The van der Waals surface area contributed by atoms with Crippen LogP contribution in [0.1, 0.15) is 0 Å². The molecule has 1 aromatic heterocycles. The maximum atomic E-state index is 5.05. The van der Waals surface area contributed by atoms with Crippen molar-refractivity contribution in [3.63, 3.8) is 0 Å². The first-order valence-corrected chi connectivity index (χ1v) is 15.9. The van der Waals surface area contributed by atoms with E-state index in [1.807, 2.05) is 60.7 Å². The third-order valence-corrected chi connectivity index (χ3v) is 8.99. The molecule has 0 spiro atoms. The van der Waals surface area contributed by atoms with Crippen molar-refractivity contribution < 1.29 is 0 Å². The van der Waals surface area contributed by atoms with Crippen molar-refractivity contribution in [2.45, 2.75) is 0 Å². The van der Waals surface area contributed by atoms with E-state index in [1.54, 1.807) is 0 Å². The van der Waals surface area contributed by atoms with Crippen LogP contribution in [0.25, 0.3) is 78.0 Å². The molecule has 0 atom stereocenters. The Bertz CT molecular complexity index is 2280. The summed E-state index contributed by atoms with van der Waals surface area (Å²) in [7, 11) is 0. The van der Waals surface area contributed by atoms with E-state index in [0.717, 1.165) is 32.3 Å². The van der Waals surface area contributed by atoms with E-state index in [2.05, 4.69) is 113 Å². The summed E-state index contributed by atoms with van der Waals surface area (Å²) in [5, 5.41) is 5.00. The monoisotopic (exact) mass is 641 g/mol. The van der Waals surface area contributed by atoms with Crippen LogP contribution in [0.4, 0.5) is 0 Å². The quantitative estimate of drug-likeness (QED) is 0.139. The first kappa shape index (κ1) is 27.2. The van der Waals surface area contributed by atoms with Gasteiger partial charge in [0.2, 0.25) is 0 Å². The van der Waals surface area contributed by atoms with Crippen LogP contribution >= 0.6 is 0 Å². The van der Waals surface area contributed by atoms with Gasteiger partial charge in [0.1, 0.15) is 0 Å². The summed E-state index contributed by atoms with van der Waals surface area (Å²) >= 11 is 2.74. The van der Waals surface area contributed by atoms with Gasteiger partial charge in [-0.2, -0.15) is 0 Å². The summed E-state index contributed by atoms with van der Waals surface area (Å²) < 4.78 is 1.10. The summed E-state index contributed by atoms with van der Waals surface area (Å²) in [4.78, 5) is 15.0. The first-order valence-electron chi connectivity index (χ1n) is 14.9. The average molecular weight is 641 g/mol. The molecule has 0 fully saturated rings. The van der Waals surface area contributed by atoms with Crippen LogP contribution in [0.5, 0.6) is 0 Å². The molecule has 0 radical (unpaired) electrons. The maximum absolute atomic E-state index is 5.05. The minimum atomic E-state index is 0.646. The zero-order chi connectivity index (χ0) is 30.2. The Morgan fingerprint density at radius 2 is 0.889 bits per heavy atom. The van der Waals surface area contributed by atoms with Gasteiger partial charge >= 0.3 is 271 Å². The number of hydrogen-bond donors (Lipinski definition) is 0. The van der Waals surface area contributed by atoms with E-state index in [-0.39, 0.29) is 0 Å². The summed E-state index contributed by atoms with van der Waals surface area (Å²) in [6.45, 7) is 0. The second kappa shape index (κ2) is 11.6.